The van der Waals surface area contributed by atoms with Crippen molar-refractivity contribution >= 4 is 66.6 Å². The van der Waals surface area contributed by atoms with Crippen LogP contribution in [0.4, 0.5) is 11.4 Å². The van der Waals surface area contributed by atoms with E-state index >= 15 is 0 Å². The minimum atomic E-state index is -3.65. The molecule has 0 bridgehead atoms. The Bertz CT molecular complexity index is 1220. The second kappa shape index (κ2) is 10.7. The zero-order valence-electron chi connectivity index (χ0n) is 17.5. The Labute approximate surface area is 206 Å². The van der Waals surface area contributed by atoms with Gasteiger partial charge in [0.05, 0.1) is 17.6 Å². The lowest BCUT2D eigenvalue weighted by Crippen LogP contribution is -2.37. The van der Waals surface area contributed by atoms with Crippen LogP contribution in [0.2, 0.25) is 5.02 Å². The number of anilines is 2. The topological polar surface area (TPSA) is 66.5 Å². The van der Waals surface area contributed by atoms with Crippen LogP contribution in [0.15, 0.2) is 76.1 Å². The maximum absolute atomic E-state index is 12.8. The van der Waals surface area contributed by atoms with Crippen LogP contribution < -0.4 is 9.62 Å². The van der Waals surface area contributed by atoms with Gasteiger partial charge in [0.15, 0.2) is 0 Å². The molecule has 0 aliphatic rings. The van der Waals surface area contributed by atoms with Crippen LogP contribution >= 0.6 is 39.3 Å². The molecule has 0 unspecified atom stereocenters. The number of aryl methyl sites for hydroxylation is 1. The maximum atomic E-state index is 12.8. The van der Waals surface area contributed by atoms with Gasteiger partial charge in [-0.15, -0.1) is 11.8 Å². The maximum Gasteiger partial charge on any atom is 0.245 e. The minimum absolute atomic E-state index is 0.323. The summed E-state index contributed by atoms with van der Waals surface area (Å²) < 4.78 is 26.7. The van der Waals surface area contributed by atoms with Crippen molar-refractivity contribution in [1.82, 2.24) is 0 Å². The van der Waals surface area contributed by atoms with Gasteiger partial charge in [-0.05, 0) is 60.5 Å². The lowest BCUT2D eigenvalue weighted by molar-refractivity contribution is -0.114. The van der Waals surface area contributed by atoms with Crippen LogP contribution in [0.25, 0.3) is 0 Å². The van der Waals surface area contributed by atoms with Crippen molar-refractivity contribution in [3.63, 3.8) is 0 Å². The number of halogens is 2. The molecule has 0 radical (unpaired) electrons. The normalized spacial score (nSPS) is 11.2. The van der Waals surface area contributed by atoms with Crippen molar-refractivity contribution in [3.8, 4) is 0 Å². The van der Waals surface area contributed by atoms with Crippen molar-refractivity contribution in [1.29, 1.82) is 0 Å². The van der Waals surface area contributed by atoms with E-state index in [1.165, 1.54) is 0 Å². The van der Waals surface area contributed by atoms with Crippen LogP contribution in [0, 0.1) is 6.92 Å². The zero-order chi connectivity index (χ0) is 23.3. The first-order chi connectivity index (χ1) is 15.1. The molecule has 32 heavy (non-hydrogen) atoms. The molecule has 5 nitrogen and oxygen atoms in total. The van der Waals surface area contributed by atoms with Crippen molar-refractivity contribution < 1.29 is 13.2 Å². The Hall–Kier alpha value is -2.00. The van der Waals surface area contributed by atoms with Crippen LogP contribution in [-0.4, -0.2) is 27.1 Å². The highest BCUT2D eigenvalue weighted by molar-refractivity contribution is 9.10. The van der Waals surface area contributed by atoms with Crippen molar-refractivity contribution in [2.75, 3.05) is 22.4 Å². The summed E-state index contributed by atoms with van der Waals surface area (Å²) in [4.78, 5) is 13.7. The van der Waals surface area contributed by atoms with E-state index in [0.29, 0.717) is 22.2 Å². The third kappa shape index (κ3) is 6.75. The van der Waals surface area contributed by atoms with E-state index in [-0.39, 0.29) is 6.54 Å². The number of thioether (sulfide) groups is 1. The standard InChI is InChI=1S/C23H22BrClN2O3S2/c1-16-13-19(11-12-20(16)24)27(32(2,29)30)14-23(28)26-21-5-3-4-6-22(21)31-15-17-7-9-18(25)10-8-17/h3-13H,14-15H2,1-2H3,(H,26,28). The monoisotopic (exact) mass is 552 g/mol. The van der Waals surface area contributed by atoms with Crippen molar-refractivity contribution in [2.45, 2.75) is 17.6 Å². The quantitative estimate of drug-likeness (QED) is 0.342. The Kier molecular flexibility index (Phi) is 8.27. The van der Waals surface area contributed by atoms with Crippen LogP contribution in [-0.2, 0) is 20.6 Å². The Morgan fingerprint density at radius 3 is 2.44 bits per heavy atom. The molecule has 0 saturated carbocycles. The Balaban J connectivity index is 1.74. The molecule has 3 rings (SSSR count). The molecule has 0 heterocycles. The van der Waals surface area contributed by atoms with E-state index in [9.17, 15) is 13.2 Å². The number of hydrogen-bond donors (Lipinski definition) is 1. The first-order valence-electron chi connectivity index (χ1n) is 9.63. The lowest BCUT2D eigenvalue weighted by atomic mass is 10.2. The molecule has 0 atom stereocenters. The average Bonchev–Trinajstić information content (AvgIpc) is 2.74. The highest BCUT2D eigenvalue weighted by Crippen LogP contribution is 2.30. The minimum Gasteiger partial charge on any atom is -0.323 e. The predicted octanol–water partition coefficient (Wildman–Crippen LogP) is 6.11. The molecule has 0 saturated heterocycles. The molecule has 0 aliphatic carbocycles. The van der Waals surface area contributed by atoms with Crippen molar-refractivity contribution in [3.05, 3.63) is 87.4 Å². The van der Waals surface area contributed by atoms with Gasteiger partial charge < -0.3 is 5.32 Å². The fourth-order valence-electron chi connectivity index (χ4n) is 2.94. The Morgan fingerprint density at radius 2 is 1.78 bits per heavy atom. The fraction of sp³-hybridized carbons (Fsp3) is 0.174. The van der Waals surface area contributed by atoms with Gasteiger partial charge in [0.25, 0.3) is 0 Å². The molecule has 0 aliphatic heterocycles. The number of rotatable bonds is 8. The van der Waals surface area contributed by atoms with E-state index in [0.717, 1.165) is 31.1 Å². The van der Waals surface area contributed by atoms with E-state index in [4.69, 9.17) is 11.6 Å². The number of para-hydroxylation sites is 1. The second-order valence-electron chi connectivity index (χ2n) is 7.16. The van der Waals surface area contributed by atoms with E-state index < -0.39 is 15.9 Å². The van der Waals surface area contributed by atoms with Gasteiger partial charge in [0.2, 0.25) is 15.9 Å². The number of hydrogen-bond acceptors (Lipinski definition) is 4. The summed E-state index contributed by atoms with van der Waals surface area (Å²) >= 11 is 10.9. The number of carbonyl (C=O) groups excluding carboxylic acids is 1. The third-order valence-electron chi connectivity index (χ3n) is 4.59. The van der Waals surface area contributed by atoms with Gasteiger partial charge in [-0.25, -0.2) is 8.42 Å². The molecule has 3 aromatic rings. The summed E-state index contributed by atoms with van der Waals surface area (Å²) in [6.45, 7) is 1.54. The molecule has 168 valence electrons. The van der Waals surface area contributed by atoms with Crippen LogP contribution in [0.3, 0.4) is 0 Å². The van der Waals surface area contributed by atoms with E-state index in [1.54, 1.807) is 36.0 Å². The third-order valence-corrected chi connectivity index (χ3v) is 8.01. The van der Waals surface area contributed by atoms with Gasteiger partial charge in [-0.3, -0.25) is 9.10 Å². The van der Waals surface area contributed by atoms with Crippen molar-refractivity contribution in [2.24, 2.45) is 0 Å². The molecular formula is C23H22BrClN2O3S2. The molecule has 9 heteroatoms. The van der Waals surface area contributed by atoms with Crippen LogP contribution in [0.5, 0.6) is 0 Å². The predicted molar refractivity (Wildman–Crippen MR) is 137 cm³/mol. The SMILES string of the molecule is Cc1cc(N(CC(=O)Nc2ccccc2SCc2ccc(Cl)cc2)S(C)(=O)=O)ccc1Br. The second-order valence-corrected chi connectivity index (χ2v) is 11.4. The van der Waals surface area contributed by atoms with E-state index in [2.05, 4.69) is 21.2 Å². The summed E-state index contributed by atoms with van der Waals surface area (Å²) in [5.74, 6) is 0.285. The largest absolute Gasteiger partial charge is 0.323 e. The number of benzene rings is 3. The number of amides is 1. The molecule has 0 aromatic heterocycles. The molecule has 0 fully saturated rings. The molecule has 0 spiro atoms. The summed E-state index contributed by atoms with van der Waals surface area (Å²) in [7, 11) is -3.65. The first kappa shape index (κ1) is 24.6. The summed E-state index contributed by atoms with van der Waals surface area (Å²) in [5, 5.41) is 3.54. The number of carbonyl (C=O) groups is 1. The molecular weight excluding hydrogens is 532 g/mol. The van der Waals surface area contributed by atoms with E-state index in [1.807, 2.05) is 49.4 Å². The summed E-state index contributed by atoms with van der Waals surface area (Å²) in [6, 6.07) is 20.2. The van der Waals surface area contributed by atoms with Gasteiger partial charge in [-0.2, -0.15) is 0 Å². The number of nitrogens with zero attached hydrogens (tertiary/aromatic N) is 1. The highest BCUT2D eigenvalue weighted by atomic mass is 79.9. The molecule has 1 amide bonds. The van der Waals surface area contributed by atoms with Gasteiger partial charge in [0.1, 0.15) is 6.54 Å². The number of nitrogens with one attached hydrogen (secondary N) is 1. The average molecular weight is 554 g/mol. The molecule has 3 aromatic carbocycles. The van der Waals surface area contributed by atoms with Gasteiger partial charge in [0, 0.05) is 20.1 Å². The highest BCUT2D eigenvalue weighted by Gasteiger charge is 2.22. The van der Waals surface area contributed by atoms with Crippen LogP contribution in [0.1, 0.15) is 11.1 Å². The summed E-state index contributed by atoms with van der Waals surface area (Å²) in [6.07, 6.45) is 1.09. The number of sulfonamides is 1. The van der Waals surface area contributed by atoms with Gasteiger partial charge in [-0.1, -0.05) is 51.8 Å². The summed E-state index contributed by atoms with van der Waals surface area (Å²) in [5.41, 5.74) is 3.06. The Morgan fingerprint density at radius 1 is 1.09 bits per heavy atom. The smallest absolute Gasteiger partial charge is 0.245 e. The van der Waals surface area contributed by atoms with Gasteiger partial charge >= 0.3 is 0 Å². The zero-order valence-corrected chi connectivity index (χ0v) is 21.5. The molecule has 1 N–H and O–H groups in total. The lowest BCUT2D eigenvalue weighted by Gasteiger charge is -2.23. The fourth-order valence-corrected chi connectivity index (χ4v) is 5.13. The first-order valence-corrected chi connectivity index (χ1v) is 13.6.